The monoisotopic (exact) mass is 252 g/mol. The quantitative estimate of drug-likeness (QED) is 0.693. The summed E-state index contributed by atoms with van der Waals surface area (Å²) >= 11 is 0. The molecule has 18 heavy (non-hydrogen) atoms. The van der Waals surface area contributed by atoms with E-state index in [-0.39, 0.29) is 12.5 Å². The van der Waals surface area contributed by atoms with Crippen molar-refractivity contribution in [1.29, 1.82) is 0 Å². The Bertz CT molecular complexity index is 434. The zero-order chi connectivity index (χ0) is 13.5. The van der Waals surface area contributed by atoms with Crippen LogP contribution in [0.4, 0.5) is 5.69 Å². The summed E-state index contributed by atoms with van der Waals surface area (Å²) in [6.45, 7) is 1.39. The number of anilines is 1. The Morgan fingerprint density at radius 1 is 1.39 bits per heavy atom. The molecule has 0 saturated heterocycles. The lowest BCUT2D eigenvalue weighted by Crippen LogP contribution is -2.39. The van der Waals surface area contributed by atoms with Gasteiger partial charge in [0.05, 0.1) is 19.3 Å². The predicted octanol–water partition coefficient (Wildman–Crippen LogP) is 0.696. The summed E-state index contributed by atoms with van der Waals surface area (Å²) < 4.78 is 5.08. The molecule has 0 aromatic heterocycles. The smallest absolute Gasteiger partial charge is 0.320 e. The average molecular weight is 252 g/mol. The van der Waals surface area contributed by atoms with Crippen LogP contribution in [0.1, 0.15) is 6.92 Å². The highest BCUT2D eigenvalue weighted by molar-refractivity contribution is 5.94. The summed E-state index contributed by atoms with van der Waals surface area (Å²) in [5.41, 5.74) is 0.551. The van der Waals surface area contributed by atoms with Crippen molar-refractivity contribution >= 4 is 17.6 Å². The van der Waals surface area contributed by atoms with Crippen LogP contribution < -0.4 is 15.4 Å². The molecule has 0 aliphatic rings. The van der Waals surface area contributed by atoms with Gasteiger partial charge >= 0.3 is 5.97 Å². The Balaban J connectivity index is 2.52. The van der Waals surface area contributed by atoms with Crippen molar-refractivity contribution in [2.75, 3.05) is 19.0 Å². The molecule has 98 valence electrons. The highest BCUT2D eigenvalue weighted by atomic mass is 16.5. The Labute approximate surface area is 105 Å². The summed E-state index contributed by atoms with van der Waals surface area (Å²) in [5, 5.41) is 13.9. The van der Waals surface area contributed by atoms with Crippen LogP contribution in [0.3, 0.4) is 0 Å². The number of carbonyl (C=O) groups is 2. The van der Waals surface area contributed by atoms with E-state index in [4.69, 9.17) is 9.84 Å². The van der Waals surface area contributed by atoms with Crippen LogP contribution in [0.2, 0.25) is 0 Å². The molecule has 1 rings (SSSR count). The lowest BCUT2D eigenvalue weighted by atomic mass is 10.3. The number of benzene rings is 1. The van der Waals surface area contributed by atoms with Gasteiger partial charge in [-0.1, -0.05) is 12.1 Å². The standard InChI is InChI=1S/C12H16N2O4/c1-8(12(16)17)13-7-11(15)14-9-5-3-4-6-10(9)18-2/h3-6,8,13H,7H2,1-2H3,(H,14,15)(H,16,17)/t8-/m0/s1. The number of amides is 1. The molecule has 0 fully saturated rings. The first-order valence-corrected chi connectivity index (χ1v) is 5.43. The Morgan fingerprint density at radius 2 is 2.06 bits per heavy atom. The number of hydrogen-bond acceptors (Lipinski definition) is 4. The maximum Gasteiger partial charge on any atom is 0.320 e. The fraction of sp³-hybridized carbons (Fsp3) is 0.333. The molecule has 0 bridgehead atoms. The molecule has 0 unspecified atom stereocenters. The fourth-order valence-electron chi connectivity index (χ4n) is 1.28. The minimum Gasteiger partial charge on any atom is -0.495 e. The molecule has 3 N–H and O–H groups in total. The first-order valence-electron chi connectivity index (χ1n) is 5.43. The Kier molecular flexibility index (Phi) is 5.13. The van der Waals surface area contributed by atoms with E-state index in [1.165, 1.54) is 14.0 Å². The maximum absolute atomic E-state index is 11.6. The van der Waals surface area contributed by atoms with Crippen molar-refractivity contribution in [3.63, 3.8) is 0 Å². The van der Waals surface area contributed by atoms with Gasteiger partial charge in [-0.2, -0.15) is 0 Å². The van der Waals surface area contributed by atoms with Gasteiger partial charge in [-0.25, -0.2) is 0 Å². The van der Waals surface area contributed by atoms with Crippen LogP contribution in [-0.2, 0) is 9.59 Å². The summed E-state index contributed by atoms with van der Waals surface area (Å²) in [6.07, 6.45) is 0. The third-order valence-corrected chi connectivity index (χ3v) is 2.32. The minimum atomic E-state index is -1.000. The first-order chi connectivity index (χ1) is 8.54. The van der Waals surface area contributed by atoms with E-state index in [2.05, 4.69) is 10.6 Å². The second kappa shape index (κ2) is 6.61. The van der Waals surface area contributed by atoms with Crippen molar-refractivity contribution in [3.05, 3.63) is 24.3 Å². The molecule has 0 aliphatic carbocycles. The fourth-order valence-corrected chi connectivity index (χ4v) is 1.28. The summed E-state index contributed by atoms with van der Waals surface area (Å²) in [5.74, 6) is -0.773. The number of carbonyl (C=O) groups excluding carboxylic acids is 1. The van der Waals surface area contributed by atoms with Crippen molar-refractivity contribution in [1.82, 2.24) is 5.32 Å². The lowest BCUT2D eigenvalue weighted by molar-refractivity contribution is -0.139. The van der Waals surface area contributed by atoms with Crippen molar-refractivity contribution in [2.45, 2.75) is 13.0 Å². The molecular weight excluding hydrogens is 236 g/mol. The summed E-state index contributed by atoms with van der Waals surface area (Å²) in [4.78, 5) is 22.1. The van der Waals surface area contributed by atoms with E-state index < -0.39 is 12.0 Å². The van der Waals surface area contributed by atoms with E-state index >= 15 is 0 Å². The van der Waals surface area contributed by atoms with Gasteiger partial charge in [-0.3, -0.25) is 14.9 Å². The number of hydrogen-bond donors (Lipinski definition) is 3. The van der Waals surface area contributed by atoms with Gasteiger partial charge in [0, 0.05) is 0 Å². The number of nitrogens with one attached hydrogen (secondary N) is 2. The zero-order valence-electron chi connectivity index (χ0n) is 10.3. The molecule has 1 aromatic carbocycles. The minimum absolute atomic E-state index is 0.0779. The molecule has 6 heteroatoms. The zero-order valence-corrected chi connectivity index (χ0v) is 10.3. The lowest BCUT2D eigenvalue weighted by Gasteiger charge is -2.11. The van der Waals surface area contributed by atoms with Crippen molar-refractivity contribution < 1.29 is 19.4 Å². The molecule has 0 aliphatic heterocycles. The van der Waals surface area contributed by atoms with Gasteiger partial charge in [0.2, 0.25) is 5.91 Å². The predicted molar refractivity (Wildman–Crippen MR) is 66.7 cm³/mol. The van der Waals surface area contributed by atoms with Crippen LogP contribution in [0.5, 0.6) is 5.75 Å². The van der Waals surface area contributed by atoms with Crippen molar-refractivity contribution in [3.8, 4) is 5.75 Å². The molecule has 0 spiro atoms. The van der Waals surface area contributed by atoms with E-state index in [1.54, 1.807) is 24.3 Å². The first kappa shape index (κ1) is 14.0. The van der Waals surface area contributed by atoms with Gasteiger partial charge in [0.1, 0.15) is 11.8 Å². The number of rotatable bonds is 6. The second-order valence-corrected chi connectivity index (χ2v) is 3.69. The molecule has 6 nitrogen and oxygen atoms in total. The van der Waals surface area contributed by atoms with Crippen molar-refractivity contribution in [2.24, 2.45) is 0 Å². The third-order valence-electron chi connectivity index (χ3n) is 2.32. The van der Waals surface area contributed by atoms with E-state index in [0.29, 0.717) is 11.4 Å². The molecule has 1 aromatic rings. The second-order valence-electron chi connectivity index (χ2n) is 3.69. The molecule has 1 atom stereocenters. The van der Waals surface area contributed by atoms with E-state index in [0.717, 1.165) is 0 Å². The highest BCUT2D eigenvalue weighted by Crippen LogP contribution is 2.22. The van der Waals surface area contributed by atoms with Crippen LogP contribution >= 0.6 is 0 Å². The van der Waals surface area contributed by atoms with Gasteiger partial charge in [-0.15, -0.1) is 0 Å². The SMILES string of the molecule is COc1ccccc1NC(=O)CN[C@@H](C)C(=O)O. The normalized spacial score (nSPS) is 11.7. The van der Waals surface area contributed by atoms with Gasteiger partial charge < -0.3 is 15.2 Å². The third kappa shape index (κ3) is 4.06. The van der Waals surface area contributed by atoms with Gasteiger partial charge in [-0.05, 0) is 19.1 Å². The molecule has 0 radical (unpaired) electrons. The number of para-hydroxylation sites is 2. The molecule has 0 heterocycles. The van der Waals surface area contributed by atoms with Crippen LogP contribution in [-0.4, -0.2) is 36.7 Å². The van der Waals surface area contributed by atoms with Crippen LogP contribution in [0.25, 0.3) is 0 Å². The number of aliphatic carboxylic acids is 1. The van der Waals surface area contributed by atoms with E-state index in [1.807, 2.05) is 0 Å². The maximum atomic E-state index is 11.6. The van der Waals surface area contributed by atoms with E-state index in [9.17, 15) is 9.59 Å². The van der Waals surface area contributed by atoms with Crippen LogP contribution in [0.15, 0.2) is 24.3 Å². The summed E-state index contributed by atoms with van der Waals surface area (Å²) in [7, 11) is 1.51. The van der Waals surface area contributed by atoms with Crippen LogP contribution in [0, 0.1) is 0 Å². The summed E-state index contributed by atoms with van der Waals surface area (Å²) in [6, 6.07) is 6.22. The molecule has 1 amide bonds. The number of carboxylic acid groups (broad SMARTS) is 1. The average Bonchev–Trinajstić information content (AvgIpc) is 2.36. The molecule has 0 saturated carbocycles. The largest absolute Gasteiger partial charge is 0.495 e. The Morgan fingerprint density at radius 3 is 2.67 bits per heavy atom. The number of ether oxygens (including phenoxy) is 1. The highest BCUT2D eigenvalue weighted by Gasteiger charge is 2.12. The topological polar surface area (TPSA) is 87.7 Å². The number of methoxy groups -OCH3 is 1. The van der Waals surface area contributed by atoms with Gasteiger partial charge in [0.25, 0.3) is 0 Å². The number of carboxylic acids is 1. The molecular formula is C12H16N2O4. The van der Waals surface area contributed by atoms with Gasteiger partial charge in [0.15, 0.2) is 0 Å². The Hall–Kier alpha value is -2.08.